The summed E-state index contributed by atoms with van der Waals surface area (Å²) in [6.45, 7) is 1.00. The maximum absolute atomic E-state index is 13.3. The number of carbonyl (C=O) groups excluding carboxylic acids is 1. The average Bonchev–Trinajstić information content (AvgIpc) is 2.96. The van der Waals surface area contributed by atoms with Crippen LogP contribution >= 0.6 is 0 Å². The van der Waals surface area contributed by atoms with Crippen LogP contribution in [-0.2, 0) is 0 Å². The molecule has 6 nitrogen and oxygen atoms in total. The Kier molecular flexibility index (Phi) is 4.69. The third-order valence-corrected chi connectivity index (χ3v) is 4.74. The lowest BCUT2D eigenvalue weighted by atomic mass is 10.0. The normalized spacial score (nSPS) is 27.2. The summed E-state index contributed by atoms with van der Waals surface area (Å²) in [4.78, 5) is 19.9. The zero-order valence-corrected chi connectivity index (χ0v) is 13.5. The summed E-state index contributed by atoms with van der Waals surface area (Å²) < 4.78 is 31.5. The van der Waals surface area contributed by atoms with E-state index in [0.717, 1.165) is 0 Å². The van der Waals surface area contributed by atoms with Gasteiger partial charge < -0.3 is 14.7 Å². The first kappa shape index (κ1) is 17.0. The highest BCUT2D eigenvalue weighted by molar-refractivity contribution is 5.94. The van der Waals surface area contributed by atoms with Crippen molar-refractivity contribution in [2.45, 2.75) is 30.9 Å². The van der Waals surface area contributed by atoms with Crippen molar-refractivity contribution in [1.29, 1.82) is 0 Å². The minimum Gasteiger partial charge on any atom is -0.481 e. The topological polar surface area (TPSA) is 65.9 Å². The van der Waals surface area contributed by atoms with Gasteiger partial charge in [0.1, 0.15) is 0 Å². The number of nitrogens with zero attached hydrogens (tertiary/aromatic N) is 3. The fourth-order valence-corrected chi connectivity index (χ4v) is 3.29. The molecule has 0 unspecified atom stereocenters. The Labute approximate surface area is 139 Å². The molecular weight excluding hydrogens is 320 g/mol. The molecule has 0 aliphatic carbocycles. The second kappa shape index (κ2) is 6.60. The molecule has 0 radical (unpaired) electrons. The van der Waals surface area contributed by atoms with Crippen molar-refractivity contribution in [3.63, 3.8) is 0 Å². The highest BCUT2D eigenvalue weighted by Gasteiger charge is 2.42. The molecule has 1 amide bonds. The largest absolute Gasteiger partial charge is 0.481 e. The van der Waals surface area contributed by atoms with Gasteiger partial charge in [-0.3, -0.25) is 9.69 Å². The fraction of sp³-hybridized carbons (Fsp3) is 0.625. The molecule has 132 valence electrons. The number of aromatic nitrogens is 1. The molecular formula is C16H21F2N3O3. The molecule has 2 aliphatic rings. The number of aliphatic hydroxyl groups is 1. The van der Waals surface area contributed by atoms with Crippen molar-refractivity contribution >= 4 is 5.91 Å². The Balaban J connectivity index is 1.63. The number of pyridine rings is 1. The molecule has 0 aromatic carbocycles. The second-order valence-electron chi connectivity index (χ2n) is 6.33. The standard InChI is InChI=1S/C16H21F2N3O3/c1-24-14-3-2-11(8-19-14)15(23)21-9-12(13(22)10-21)20-6-4-16(17,18)5-7-20/h2-3,8,12-13,22H,4-7,9-10H2,1H3/t12-,13-/m1/s1. The van der Waals surface area contributed by atoms with Gasteiger partial charge in [-0.25, -0.2) is 13.8 Å². The van der Waals surface area contributed by atoms with Gasteiger partial charge in [-0.15, -0.1) is 0 Å². The van der Waals surface area contributed by atoms with Gasteiger partial charge in [-0.05, 0) is 6.07 Å². The van der Waals surface area contributed by atoms with E-state index in [1.807, 2.05) is 4.90 Å². The number of ether oxygens (including phenoxy) is 1. The Morgan fingerprint density at radius 2 is 2.04 bits per heavy atom. The van der Waals surface area contributed by atoms with Gasteiger partial charge in [0.25, 0.3) is 11.8 Å². The molecule has 8 heteroatoms. The van der Waals surface area contributed by atoms with Crippen LogP contribution < -0.4 is 4.74 Å². The predicted molar refractivity (Wildman–Crippen MR) is 82.2 cm³/mol. The lowest BCUT2D eigenvalue weighted by Gasteiger charge is -2.36. The number of piperidine rings is 1. The van der Waals surface area contributed by atoms with Crippen molar-refractivity contribution in [3.8, 4) is 5.88 Å². The number of rotatable bonds is 3. The molecule has 24 heavy (non-hydrogen) atoms. The maximum Gasteiger partial charge on any atom is 0.255 e. The molecule has 3 rings (SSSR count). The van der Waals surface area contributed by atoms with E-state index in [1.165, 1.54) is 13.3 Å². The number of halogens is 2. The Hall–Kier alpha value is -1.80. The zero-order chi connectivity index (χ0) is 17.3. The lowest BCUT2D eigenvalue weighted by Crippen LogP contribution is -2.49. The van der Waals surface area contributed by atoms with Crippen LogP contribution in [0.15, 0.2) is 18.3 Å². The molecule has 2 saturated heterocycles. The molecule has 2 aliphatic heterocycles. The molecule has 0 saturated carbocycles. The van der Waals surface area contributed by atoms with Crippen molar-refractivity contribution in [2.75, 3.05) is 33.3 Å². The van der Waals surface area contributed by atoms with Crippen molar-refractivity contribution in [3.05, 3.63) is 23.9 Å². The Morgan fingerprint density at radius 3 is 2.62 bits per heavy atom. The molecule has 2 atom stereocenters. The van der Waals surface area contributed by atoms with Crippen LogP contribution in [0.1, 0.15) is 23.2 Å². The first-order chi connectivity index (χ1) is 11.4. The summed E-state index contributed by atoms with van der Waals surface area (Å²) in [5, 5.41) is 10.3. The first-order valence-corrected chi connectivity index (χ1v) is 7.99. The van der Waals surface area contributed by atoms with Gasteiger partial charge in [-0.1, -0.05) is 0 Å². The van der Waals surface area contributed by atoms with Gasteiger partial charge >= 0.3 is 0 Å². The number of carbonyl (C=O) groups is 1. The number of methoxy groups -OCH3 is 1. The Bertz CT molecular complexity index is 587. The van der Waals surface area contributed by atoms with Crippen LogP contribution in [0.4, 0.5) is 8.78 Å². The van der Waals surface area contributed by atoms with E-state index in [4.69, 9.17) is 4.74 Å². The monoisotopic (exact) mass is 341 g/mol. The summed E-state index contributed by atoms with van der Waals surface area (Å²) in [5.74, 6) is -2.43. The third kappa shape index (κ3) is 3.49. The van der Waals surface area contributed by atoms with Gasteiger partial charge in [0.05, 0.1) is 24.8 Å². The van der Waals surface area contributed by atoms with Crippen LogP contribution in [0.25, 0.3) is 0 Å². The second-order valence-corrected chi connectivity index (χ2v) is 6.33. The number of aliphatic hydroxyl groups excluding tert-OH is 1. The van der Waals surface area contributed by atoms with Crippen molar-refractivity contribution < 1.29 is 23.4 Å². The van der Waals surface area contributed by atoms with E-state index in [1.54, 1.807) is 17.0 Å². The number of amides is 1. The lowest BCUT2D eigenvalue weighted by molar-refractivity contribution is -0.0697. The summed E-state index contributed by atoms with van der Waals surface area (Å²) in [7, 11) is 1.49. The smallest absolute Gasteiger partial charge is 0.255 e. The van der Waals surface area contributed by atoms with Crippen LogP contribution in [0.2, 0.25) is 0 Å². The zero-order valence-electron chi connectivity index (χ0n) is 13.5. The summed E-state index contributed by atoms with van der Waals surface area (Å²) >= 11 is 0. The van der Waals surface area contributed by atoms with E-state index in [9.17, 15) is 18.7 Å². The number of likely N-dealkylation sites (tertiary alicyclic amines) is 2. The fourth-order valence-electron chi connectivity index (χ4n) is 3.29. The van der Waals surface area contributed by atoms with Crippen LogP contribution in [0.5, 0.6) is 5.88 Å². The van der Waals surface area contributed by atoms with E-state index in [0.29, 0.717) is 18.0 Å². The van der Waals surface area contributed by atoms with Gasteiger partial charge in [-0.2, -0.15) is 0 Å². The SMILES string of the molecule is COc1ccc(C(=O)N2C[C@@H](O)[C@H](N3CCC(F)(F)CC3)C2)cn1. The number of hydrogen-bond acceptors (Lipinski definition) is 5. The quantitative estimate of drug-likeness (QED) is 0.889. The molecule has 0 spiro atoms. The predicted octanol–water partition coefficient (Wildman–Crippen LogP) is 1.01. The summed E-state index contributed by atoms with van der Waals surface area (Å²) in [5.41, 5.74) is 0.411. The highest BCUT2D eigenvalue weighted by atomic mass is 19.3. The highest BCUT2D eigenvalue weighted by Crippen LogP contribution is 2.30. The summed E-state index contributed by atoms with van der Waals surface area (Å²) in [6.07, 6.45) is 0.299. The molecule has 1 aromatic heterocycles. The van der Waals surface area contributed by atoms with E-state index >= 15 is 0 Å². The maximum atomic E-state index is 13.3. The minimum atomic E-state index is -2.62. The Morgan fingerprint density at radius 1 is 1.33 bits per heavy atom. The van der Waals surface area contributed by atoms with E-state index < -0.39 is 12.0 Å². The van der Waals surface area contributed by atoms with Crippen molar-refractivity contribution in [2.24, 2.45) is 0 Å². The van der Waals surface area contributed by atoms with Crippen molar-refractivity contribution in [1.82, 2.24) is 14.8 Å². The molecule has 3 heterocycles. The summed E-state index contributed by atoms with van der Waals surface area (Å²) in [6, 6.07) is 2.93. The molecule has 1 N–H and O–H groups in total. The van der Waals surface area contributed by atoms with Gasteiger partial charge in [0.2, 0.25) is 5.88 Å². The number of β-amino-alcohol motifs (C(OH)–C–C–N with tert-alkyl or cyclic N) is 1. The van der Waals surface area contributed by atoms with E-state index in [2.05, 4.69) is 4.98 Å². The third-order valence-electron chi connectivity index (χ3n) is 4.74. The first-order valence-electron chi connectivity index (χ1n) is 7.99. The average molecular weight is 341 g/mol. The molecule has 1 aromatic rings. The molecule has 2 fully saturated rings. The molecule has 0 bridgehead atoms. The number of hydrogen-bond donors (Lipinski definition) is 1. The number of alkyl halides is 2. The van der Waals surface area contributed by atoms with E-state index in [-0.39, 0.29) is 44.4 Å². The minimum absolute atomic E-state index is 0.197. The van der Waals surface area contributed by atoms with Crippen LogP contribution in [0.3, 0.4) is 0 Å². The van der Waals surface area contributed by atoms with Crippen LogP contribution in [-0.4, -0.2) is 77.2 Å². The van der Waals surface area contributed by atoms with Crippen LogP contribution in [0, 0.1) is 0 Å². The van der Waals surface area contributed by atoms with Gasteiger partial charge in [0, 0.05) is 51.3 Å². The van der Waals surface area contributed by atoms with Gasteiger partial charge in [0.15, 0.2) is 0 Å².